The van der Waals surface area contributed by atoms with Crippen molar-refractivity contribution in [3.63, 3.8) is 0 Å². The van der Waals surface area contributed by atoms with Crippen molar-refractivity contribution in [2.45, 2.75) is 26.0 Å². The van der Waals surface area contributed by atoms with E-state index in [4.69, 9.17) is 14.2 Å². The number of carbonyl (C=O) groups excluding carboxylic acids is 2. The SMILES string of the molecule is CCCn1nc(C(=O)OCC(=O)NCC2COc3ccccc3O2)ccc1=O. The average molecular weight is 387 g/mol. The smallest absolute Gasteiger partial charge is 0.359 e. The Labute approximate surface area is 161 Å². The lowest BCUT2D eigenvalue weighted by Crippen LogP contribution is -2.42. The Morgan fingerprint density at radius 3 is 2.82 bits per heavy atom. The molecule has 1 aromatic heterocycles. The number of benzene rings is 1. The molecule has 0 bridgehead atoms. The fourth-order valence-corrected chi connectivity index (χ4v) is 2.58. The molecule has 9 nitrogen and oxygen atoms in total. The van der Waals surface area contributed by atoms with Gasteiger partial charge in [0.2, 0.25) is 0 Å². The molecule has 2 aromatic rings. The molecule has 0 radical (unpaired) electrons. The van der Waals surface area contributed by atoms with E-state index in [1.165, 1.54) is 16.8 Å². The van der Waals surface area contributed by atoms with E-state index in [2.05, 4.69) is 10.4 Å². The first kappa shape index (κ1) is 19.4. The number of para-hydroxylation sites is 2. The zero-order valence-electron chi connectivity index (χ0n) is 15.4. The van der Waals surface area contributed by atoms with Crippen LogP contribution in [0.2, 0.25) is 0 Å². The summed E-state index contributed by atoms with van der Waals surface area (Å²) in [5.74, 6) is 0.0347. The number of carbonyl (C=O) groups is 2. The monoisotopic (exact) mass is 387 g/mol. The number of nitrogens with one attached hydrogen (secondary N) is 1. The lowest BCUT2D eigenvalue weighted by molar-refractivity contribution is -0.124. The minimum absolute atomic E-state index is 0.0264. The van der Waals surface area contributed by atoms with E-state index in [0.717, 1.165) is 0 Å². The van der Waals surface area contributed by atoms with Crippen LogP contribution in [0.1, 0.15) is 23.8 Å². The summed E-state index contributed by atoms with van der Waals surface area (Å²) in [5.41, 5.74) is -0.325. The molecule has 0 saturated heterocycles. The maximum absolute atomic E-state index is 12.0. The molecule has 0 fully saturated rings. The first-order valence-corrected chi connectivity index (χ1v) is 8.97. The Kier molecular flexibility index (Phi) is 6.25. The van der Waals surface area contributed by atoms with Crippen molar-refractivity contribution in [3.8, 4) is 11.5 Å². The number of fused-ring (bicyclic) bond motifs is 1. The van der Waals surface area contributed by atoms with Gasteiger partial charge < -0.3 is 19.5 Å². The molecule has 148 valence electrons. The van der Waals surface area contributed by atoms with Crippen LogP contribution >= 0.6 is 0 Å². The van der Waals surface area contributed by atoms with E-state index >= 15 is 0 Å². The van der Waals surface area contributed by atoms with Crippen molar-refractivity contribution < 1.29 is 23.8 Å². The quantitative estimate of drug-likeness (QED) is 0.699. The van der Waals surface area contributed by atoms with Crippen molar-refractivity contribution in [2.24, 2.45) is 0 Å². The summed E-state index contributed by atoms with van der Waals surface area (Å²) < 4.78 is 17.4. The van der Waals surface area contributed by atoms with Crippen LogP contribution in [0, 0.1) is 0 Å². The largest absolute Gasteiger partial charge is 0.486 e. The lowest BCUT2D eigenvalue weighted by atomic mass is 10.2. The Hall–Kier alpha value is -3.36. The summed E-state index contributed by atoms with van der Waals surface area (Å²) in [6.45, 7) is 2.35. The highest BCUT2D eigenvalue weighted by atomic mass is 16.6. The molecule has 9 heteroatoms. The third-order valence-electron chi connectivity index (χ3n) is 3.94. The fraction of sp³-hybridized carbons (Fsp3) is 0.368. The molecule has 1 aromatic carbocycles. The molecule has 1 atom stereocenters. The summed E-state index contributed by atoms with van der Waals surface area (Å²) in [5, 5.41) is 6.58. The number of aryl methyl sites for hydroxylation is 1. The zero-order valence-corrected chi connectivity index (χ0v) is 15.4. The molecule has 3 rings (SSSR count). The molecule has 1 aliphatic heterocycles. The number of nitrogens with zero attached hydrogens (tertiary/aromatic N) is 2. The molecule has 1 unspecified atom stereocenters. The summed E-state index contributed by atoms with van der Waals surface area (Å²) >= 11 is 0. The van der Waals surface area contributed by atoms with Gasteiger partial charge in [-0.15, -0.1) is 0 Å². The molecule has 0 aliphatic carbocycles. The minimum Gasteiger partial charge on any atom is -0.486 e. The maximum Gasteiger partial charge on any atom is 0.359 e. The number of aromatic nitrogens is 2. The van der Waals surface area contributed by atoms with Crippen molar-refractivity contribution in [3.05, 3.63) is 52.4 Å². The van der Waals surface area contributed by atoms with Gasteiger partial charge in [-0.2, -0.15) is 5.10 Å². The van der Waals surface area contributed by atoms with E-state index in [0.29, 0.717) is 31.1 Å². The Morgan fingerprint density at radius 2 is 2.04 bits per heavy atom. The average Bonchev–Trinajstić information content (AvgIpc) is 2.72. The van der Waals surface area contributed by atoms with Gasteiger partial charge >= 0.3 is 5.97 Å². The standard InChI is InChI=1S/C19H21N3O6/c1-2-9-22-18(24)8-7-14(21-22)19(25)27-12-17(23)20-10-13-11-26-15-5-3-4-6-16(15)28-13/h3-8,13H,2,9-12H2,1H3,(H,20,23). The highest BCUT2D eigenvalue weighted by molar-refractivity contribution is 5.89. The highest BCUT2D eigenvalue weighted by Crippen LogP contribution is 2.30. The summed E-state index contributed by atoms with van der Waals surface area (Å²) in [4.78, 5) is 35.6. The number of esters is 1. The predicted molar refractivity (Wildman–Crippen MR) is 98.4 cm³/mol. The molecule has 28 heavy (non-hydrogen) atoms. The number of rotatable bonds is 7. The van der Waals surface area contributed by atoms with E-state index in [9.17, 15) is 14.4 Å². The molecule has 0 spiro atoms. The van der Waals surface area contributed by atoms with E-state index in [1.807, 2.05) is 19.1 Å². The number of amides is 1. The van der Waals surface area contributed by atoms with Crippen LogP contribution in [0.15, 0.2) is 41.2 Å². The molecular formula is C19H21N3O6. The van der Waals surface area contributed by atoms with Gasteiger partial charge in [-0.25, -0.2) is 9.48 Å². The topological polar surface area (TPSA) is 109 Å². The third-order valence-corrected chi connectivity index (χ3v) is 3.94. The van der Waals surface area contributed by atoms with Crippen LogP contribution in [0.4, 0.5) is 0 Å². The predicted octanol–water partition coefficient (Wildman–Crippen LogP) is 0.766. The van der Waals surface area contributed by atoms with Gasteiger partial charge in [0.15, 0.2) is 23.8 Å². The second-order valence-corrected chi connectivity index (χ2v) is 6.16. The lowest BCUT2D eigenvalue weighted by Gasteiger charge is -2.26. The third kappa shape index (κ3) is 4.87. The second kappa shape index (κ2) is 9.03. The Morgan fingerprint density at radius 1 is 1.25 bits per heavy atom. The normalized spacial score (nSPS) is 15.0. The van der Waals surface area contributed by atoms with Gasteiger partial charge in [-0.05, 0) is 24.6 Å². The fourth-order valence-electron chi connectivity index (χ4n) is 2.58. The zero-order chi connectivity index (χ0) is 19.9. The molecule has 1 aliphatic rings. The van der Waals surface area contributed by atoms with Gasteiger partial charge in [0.1, 0.15) is 12.7 Å². The maximum atomic E-state index is 12.0. The van der Waals surface area contributed by atoms with Crippen LogP contribution in [-0.4, -0.2) is 47.5 Å². The van der Waals surface area contributed by atoms with Gasteiger partial charge in [-0.1, -0.05) is 19.1 Å². The Bertz CT molecular complexity index is 911. The molecule has 0 saturated carbocycles. The number of ether oxygens (including phenoxy) is 3. The molecular weight excluding hydrogens is 366 g/mol. The Balaban J connectivity index is 1.45. The van der Waals surface area contributed by atoms with Gasteiger partial charge in [0.25, 0.3) is 11.5 Å². The summed E-state index contributed by atoms with van der Waals surface area (Å²) in [7, 11) is 0. The number of hydrogen-bond acceptors (Lipinski definition) is 7. The highest BCUT2D eigenvalue weighted by Gasteiger charge is 2.21. The minimum atomic E-state index is -0.772. The van der Waals surface area contributed by atoms with Gasteiger partial charge in [0, 0.05) is 12.6 Å². The summed E-state index contributed by atoms with van der Waals surface area (Å²) in [6, 6.07) is 9.80. The van der Waals surface area contributed by atoms with Crippen molar-refractivity contribution in [1.29, 1.82) is 0 Å². The van der Waals surface area contributed by atoms with Crippen molar-refractivity contribution in [2.75, 3.05) is 19.8 Å². The molecule has 1 N–H and O–H groups in total. The first-order valence-electron chi connectivity index (χ1n) is 8.97. The van der Waals surface area contributed by atoms with Gasteiger partial charge in [-0.3, -0.25) is 9.59 Å². The van der Waals surface area contributed by atoms with Crippen LogP contribution in [0.25, 0.3) is 0 Å². The van der Waals surface area contributed by atoms with Crippen LogP contribution in [-0.2, 0) is 16.1 Å². The van der Waals surface area contributed by atoms with Crippen LogP contribution in [0.3, 0.4) is 0 Å². The molecule has 1 amide bonds. The first-order chi connectivity index (χ1) is 13.6. The van der Waals surface area contributed by atoms with E-state index in [1.54, 1.807) is 12.1 Å². The summed E-state index contributed by atoms with van der Waals surface area (Å²) in [6.07, 6.45) is 0.361. The van der Waals surface area contributed by atoms with Crippen LogP contribution in [0.5, 0.6) is 11.5 Å². The number of hydrogen-bond donors (Lipinski definition) is 1. The second-order valence-electron chi connectivity index (χ2n) is 6.16. The van der Waals surface area contributed by atoms with Crippen molar-refractivity contribution in [1.82, 2.24) is 15.1 Å². The van der Waals surface area contributed by atoms with Crippen LogP contribution < -0.4 is 20.3 Å². The molecule has 2 heterocycles. The van der Waals surface area contributed by atoms with Crippen molar-refractivity contribution >= 4 is 11.9 Å². The van der Waals surface area contributed by atoms with E-state index < -0.39 is 18.5 Å². The van der Waals surface area contributed by atoms with Gasteiger partial charge in [0.05, 0.1) is 6.54 Å². The van der Waals surface area contributed by atoms with E-state index in [-0.39, 0.29) is 23.9 Å².